The van der Waals surface area contributed by atoms with Crippen LogP contribution in [0.2, 0.25) is 0 Å². The highest BCUT2D eigenvalue weighted by atomic mass is 16.6. The highest BCUT2D eigenvalue weighted by molar-refractivity contribution is 5.69. The summed E-state index contributed by atoms with van der Waals surface area (Å²) in [6.07, 6.45) is -0.276. The first-order valence-corrected chi connectivity index (χ1v) is 6.43. The molecule has 2 aliphatic rings. The summed E-state index contributed by atoms with van der Waals surface area (Å²) < 4.78 is 16.7. The molecule has 5 nitrogen and oxygen atoms in total. The number of amides is 1. The van der Waals surface area contributed by atoms with Gasteiger partial charge in [0.2, 0.25) is 0 Å². The summed E-state index contributed by atoms with van der Waals surface area (Å²) in [7, 11) is 0. The average Bonchev–Trinajstić information content (AvgIpc) is 2.90. The molecule has 0 N–H and O–H groups in total. The average molecular weight is 257 g/mol. The van der Waals surface area contributed by atoms with E-state index >= 15 is 0 Å². The van der Waals surface area contributed by atoms with Gasteiger partial charge >= 0.3 is 6.09 Å². The van der Waals surface area contributed by atoms with E-state index in [-0.39, 0.29) is 24.3 Å². The Labute approximate surface area is 108 Å². The number of ether oxygens (including phenoxy) is 3. The molecule has 0 aromatic rings. The predicted molar refractivity (Wildman–Crippen MR) is 66.2 cm³/mol. The SMILES string of the molecule is C[C@H]1C([C@@H]2CO2)OC(C)(C)N1C(=O)OC(C)(C)C. The van der Waals surface area contributed by atoms with Crippen LogP contribution in [0, 0.1) is 0 Å². The first kappa shape index (κ1) is 13.6. The fourth-order valence-corrected chi connectivity index (χ4v) is 2.45. The minimum Gasteiger partial charge on any atom is -0.444 e. The second-order valence-electron chi connectivity index (χ2n) is 6.49. The van der Waals surface area contributed by atoms with Crippen molar-refractivity contribution in [2.24, 2.45) is 0 Å². The van der Waals surface area contributed by atoms with E-state index in [0.717, 1.165) is 0 Å². The van der Waals surface area contributed by atoms with Crippen molar-refractivity contribution in [1.82, 2.24) is 4.90 Å². The van der Waals surface area contributed by atoms with E-state index in [1.54, 1.807) is 4.90 Å². The quantitative estimate of drug-likeness (QED) is 0.675. The number of hydrogen-bond donors (Lipinski definition) is 0. The lowest BCUT2D eigenvalue weighted by atomic mass is 10.1. The van der Waals surface area contributed by atoms with Crippen LogP contribution in [0.15, 0.2) is 0 Å². The highest BCUT2D eigenvalue weighted by Crippen LogP contribution is 2.38. The van der Waals surface area contributed by atoms with Gasteiger partial charge in [-0.1, -0.05) is 0 Å². The van der Waals surface area contributed by atoms with Crippen molar-refractivity contribution >= 4 is 6.09 Å². The number of epoxide rings is 1. The Morgan fingerprint density at radius 2 is 1.94 bits per heavy atom. The van der Waals surface area contributed by atoms with Crippen LogP contribution >= 0.6 is 0 Å². The first-order valence-electron chi connectivity index (χ1n) is 6.43. The molecular formula is C13H23NO4. The molecule has 104 valence electrons. The first-order chi connectivity index (χ1) is 8.12. The van der Waals surface area contributed by atoms with E-state index in [1.807, 2.05) is 41.5 Å². The molecule has 3 atom stereocenters. The molecule has 1 amide bonds. The lowest BCUT2D eigenvalue weighted by Gasteiger charge is -2.34. The van der Waals surface area contributed by atoms with Crippen molar-refractivity contribution in [1.29, 1.82) is 0 Å². The second-order valence-corrected chi connectivity index (χ2v) is 6.49. The topological polar surface area (TPSA) is 51.3 Å². The number of hydrogen-bond acceptors (Lipinski definition) is 4. The van der Waals surface area contributed by atoms with Crippen molar-refractivity contribution in [2.75, 3.05) is 6.61 Å². The van der Waals surface area contributed by atoms with Gasteiger partial charge in [0, 0.05) is 0 Å². The fourth-order valence-electron chi connectivity index (χ4n) is 2.45. The van der Waals surface area contributed by atoms with Crippen LogP contribution in [0.5, 0.6) is 0 Å². The molecule has 2 fully saturated rings. The van der Waals surface area contributed by atoms with Crippen LogP contribution in [0.4, 0.5) is 4.79 Å². The molecule has 2 aliphatic heterocycles. The Morgan fingerprint density at radius 1 is 1.39 bits per heavy atom. The molecule has 0 radical (unpaired) electrons. The highest BCUT2D eigenvalue weighted by Gasteiger charge is 2.54. The molecule has 18 heavy (non-hydrogen) atoms. The molecule has 1 unspecified atom stereocenters. The van der Waals surface area contributed by atoms with Crippen LogP contribution in [0.3, 0.4) is 0 Å². The summed E-state index contributed by atoms with van der Waals surface area (Å²) in [5.41, 5.74) is -1.15. The molecule has 0 aromatic heterocycles. The molecule has 0 spiro atoms. The summed E-state index contributed by atoms with van der Waals surface area (Å²) >= 11 is 0. The second kappa shape index (κ2) is 4.10. The summed E-state index contributed by atoms with van der Waals surface area (Å²) in [4.78, 5) is 13.9. The van der Waals surface area contributed by atoms with Gasteiger partial charge in [-0.05, 0) is 41.5 Å². The van der Waals surface area contributed by atoms with Gasteiger partial charge in [-0.2, -0.15) is 0 Å². The number of carbonyl (C=O) groups excluding carboxylic acids is 1. The van der Waals surface area contributed by atoms with Crippen LogP contribution in [-0.2, 0) is 14.2 Å². The smallest absolute Gasteiger partial charge is 0.412 e. The number of rotatable bonds is 1. The summed E-state index contributed by atoms with van der Waals surface area (Å²) in [5.74, 6) is 0. The van der Waals surface area contributed by atoms with E-state index in [2.05, 4.69) is 0 Å². The zero-order valence-electron chi connectivity index (χ0n) is 12.0. The van der Waals surface area contributed by atoms with E-state index < -0.39 is 11.3 Å². The van der Waals surface area contributed by atoms with Gasteiger partial charge in [-0.3, -0.25) is 4.90 Å². The van der Waals surface area contributed by atoms with Crippen LogP contribution in [0.1, 0.15) is 41.5 Å². The lowest BCUT2D eigenvalue weighted by molar-refractivity contribution is -0.0824. The Balaban J connectivity index is 2.12. The maximum atomic E-state index is 12.3. The minimum atomic E-state index is -0.654. The molecule has 0 aromatic carbocycles. The largest absolute Gasteiger partial charge is 0.444 e. The van der Waals surface area contributed by atoms with Crippen molar-refractivity contribution in [3.63, 3.8) is 0 Å². The van der Waals surface area contributed by atoms with Gasteiger partial charge in [0.05, 0.1) is 12.6 Å². The fraction of sp³-hybridized carbons (Fsp3) is 0.923. The maximum Gasteiger partial charge on any atom is 0.412 e. The number of nitrogens with zero attached hydrogens (tertiary/aromatic N) is 1. The summed E-state index contributed by atoms with van der Waals surface area (Å²) in [6.45, 7) is 12.0. The maximum absolute atomic E-state index is 12.3. The van der Waals surface area contributed by atoms with Gasteiger partial charge in [0.15, 0.2) is 0 Å². The van der Waals surface area contributed by atoms with E-state index in [1.165, 1.54) is 0 Å². The molecule has 2 heterocycles. The van der Waals surface area contributed by atoms with Gasteiger partial charge in [0.1, 0.15) is 23.5 Å². The van der Waals surface area contributed by atoms with Crippen LogP contribution in [-0.4, -0.2) is 47.2 Å². The Bertz CT molecular complexity index is 343. The molecule has 2 saturated heterocycles. The Hall–Kier alpha value is -0.810. The van der Waals surface area contributed by atoms with E-state index in [9.17, 15) is 4.79 Å². The molecule has 0 saturated carbocycles. The van der Waals surface area contributed by atoms with Crippen LogP contribution < -0.4 is 0 Å². The summed E-state index contributed by atoms with van der Waals surface area (Å²) in [6, 6.07) is -0.0395. The lowest BCUT2D eigenvalue weighted by Crippen LogP contribution is -2.49. The molecular weight excluding hydrogens is 234 g/mol. The molecule has 5 heteroatoms. The van der Waals surface area contributed by atoms with Crippen molar-refractivity contribution < 1.29 is 19.0 Å². The molecule has 0 bridgehead atoms. The van der Waals surface area contributed by atoms with Gasteiger partial charge in [0.25, 0.3) is 0 Å². The standard InChI is InChI=1S/C13H23NO4/c1-8-10(9-7-16-9)17-13(5,6)14(8)11(15)18-12(2,3)4/h8-10H,7H2,1-6H3/t8-,9-,10?/m0/s1. The van der Waals surface area contributed by atoms with Crippen LogP contribution in [0.25, 0.3) is 0 Å². The van der Waals surface area contributed by atoms with Gasteiger partial charge < -0.3 is 14.2 Å². The monoisotopic (exact) mass is 257 g/mol. The van der Waals surface area contributed by atoms with Crippen molar-refractivity contribution in [3.8, 4) is 0 Å². The third-order valence-electron chi connectivity index (χ3n) is 3.20. The van der Waals surface area contributed by atoms with Crippen molar-refractivity contribution in [3.05, 3.63) is 0 Å². The van der Waals surface area contributed by atoms with Gasteiger partial charge in [-0.25, -0.2) is 4.79 Å². The third kappa shape index (κ3) is 2.62. The summed E-state index contributed by atoms with van der Waals surface area (Å²) in [5, 5.41) is 0. The van der Waals surface area contributed by atoms with E-state index in [4.69, 9.17) is 14.2 Å². The Kier molecular flexibility index (Phi) is 3.10. The predicted octanol–water partition coefficient (Wildman–Crippen LogP) is 2.15. The number of carbonyl (C=O) groups is 1. The van der Waals surface area contributed by atoms with Gasteiger partial charge in [-0.15, -0.1) is 0 Å². The van der Waals surface area contributed by atoms with E-state index in [0.29, 0.717) is 6.61 Å². The Morgan fingerprint density at radius 3 is 2.39 bits per heavy atom. The van der Waals surface area contributed by atoms with Crippen molar-refractivity contribution in [2.45, 2.75) is 71.1 Å². The normalized spacial score (nSPS) is 34.6. The zero-order valence-corrected chi connectivity index (χ0v) is 12.0. The zero-order chi connectivity index (χ0) is 13.7. The molecule has 2 rings (SSSR count). The minimum absolute atomic E-state index is 0.0395. The molecule has 0 aliphatic carbocycles. The third-order valence-corrected chi connectivity index (χ3v) is 3.20.